The van der Waals surface area contributed by atoms with E-state index in [4.69, 9.17) is 0 Å². The van der Waals surface area contributed by atoms with Crippen LogP contribution in [-0.4, -0.2) is 17.7 Å². The lowest BCUT2D eigenvalue weighted by atomic mass is 10.3. The molecule has 1 N–H and O–H groups in total. The van der Waals surface area contributed by atoms with Crippen LogP contribution >= 0.6 is 27.3 Å². The van der Waals surface area contributed by atoms with Crippen molar-refractivity contribution in [2.45, 2.75) is 13.0 Å². The summed E-state index contributed by atoms with van der Waals surface area (Å²) in [4.78, 5) is 13.1. The minimum atomic E-state index is 0.0255. The van der Waals surface area contributed by atoms with Crippen molar-refractivity contribution in [3.05, 3.63) is 55.5 Å². The van der Waals surface area contributed by atoms with Crippen molar-refractivity contribution in [3.8, 4) is 0 Å². The second-order valence-corrected chi connectivity index (χ2v) is 5.82. The molecule has 0 aromatic carbocycles. The molecule has 0 bridgehead atoms. The summed E-state index contributed by atoms with van der Waals surface area (Å²) in [6.45, 7) is 2.45. The van der Waals surface area contributed by atoms with Gasteiger partial charge in [-0.1, -0.05) is 6.07 Å². The first-order chi connectivity index (χ1) is 8.77. The maximum atomic E-state index is 11.7. The maximum Gasteiger partial charge on any atom is 0.264 e. The number of thiophene rings is 1. The molecule has 0 saturated heterocycles. The summed E-state index contributed by atoms with van der Waals surface area (Å²) in [6.07, 6.45) is 2.86. The Morgan fingerprint density at radius 1 is 1.28 bits per heavy atom. The fraction of sp³-hybridized carbons (Fsp3) is 0.308. The molecule has 0 aliphatic heterocycles. The molecule has 2 rings (SSSR count). The van der Waals surface area contributed by atoms with Crippen molar-refractivity contribution in [1.29, 1.82) is 0 Å². The van der Waals surface area contributed by atoms with Gasteiger partial charge in [-0.2, -0.15) is 0 Å². The zero-order valence-corrected chi connectivity index (χ0v) is 12.3. The monoisotopic (exact) mass is 326 g/mol. The van der Waals surface area contributed by atoms with Crippen LogP contribution in [0.3, 0.4) is 0 Å². The molecule has 0 saturated carbocycles. The molecule has 0 atom stereocenters. The van der Waals surface area contributed by atoms with E-state index in [2.05, 4.69) is 38.8 Å². The van der Waals surface area contributed by atoms with Crippen LogP contribution in [0.15, 0.2) is 45.1 Å². The number of hydrogen-bond donors (Lipinski definition) is 1. The van der Waals surface area contributed by atoms with Gasteiger partial charge in [0.1, 0.15) is 0 Å². The van der Waals surface area contributed by atoms with Crippen LogP contribution in [0.1, 0.15) is 4.88 Å². The van der Waals surface area contributed by atoms with Gasteiger partial charge in [0.25, 0.3) is 5.56 Å². The van der Waals surface area contributed by atoms with Crippen LogP contribution in [0.4, 0.5) is 0 Å². The first-order valence-corrected chi connectivity index (χ1v) is 7.52. The Morgan fingerprint density at radius 2 is 2.17 bits per heavy atom. The van der Waals surface area contributed by atoms with E-state index < -0.39 is 0 Å². The molecular weight excluding hydrogens is 312 g/mol. The van der Waals surface area contributed by atoms with E-state index in [1.807, 2.05) is 12.3 Å². The van der Waals surface area contributed by atoms with Crippen molar-refractivity contribution < 1.29 is 0 Å². The normalized spacial score (nSPS) is 10.7. The van der Waals surface area contributed by atoms with Gasteiger partial charge in [-0.25, -0.2) is 0 Å². The van der Waals surface area contributed by atoms with E-state index in [1.54, 1.807) is 22.0 Å². The van der Waals surface area contributed by atoms with Crippen molar-refractivity contribution in [3.63, 3.8) is 0 Å². The molecule has 5 heteroatoms. The zero-order valence-electron chi connectivity index (χ0n) is 9.93. The summed E-state index contributed by atoms with van der Waals surface area (Å²) < 4.78 is 2.32. The van der Waals surface area contributed by atoms with E-state index in [9.17, 15) is 4.79 Å². The number of rotatable bonds is 6. The highest BCUT2D eigenvalue weighted by molar-refractivity contribution is 9.10. The van der Waals surface area contributed by atoms with Gasteiger partial charge in [-0.15, -0.1) is 11.3 Å². The lowest BCUT2D eigenvalue weighted by Gasteiger charge is -2.07. The number of halogens is 1. The van der Waals surface area contributed by atoms with E-state index in [1.165, 1.54) is 4.88 Å². The standard InChI is InChI=1S/C13H15BrN2OS/c14-12-4-1-8-16(13(12)17)9-7-15-6-5-11-3-2-10-18-11/h1-4,8,10,15H,5-7,9H2. The summed E-state index contributed by atoms with van der Waals surface area (Å²) in [7, 11) is 0. The average molecular weight is 327 g/mol. The number of pyridine rings is 1. The average Bonchev–Trinajstić information content (AvgIpc) is 2.87. The molecule has 2 heterocycles. The largest absolute Gasteiger partial charge is 0.315 e. The van der Waals surface area contributed by atoms with Gasteiger partial charge >= 0.3 is 0 Å². The Labute approximate surface area is 119 Å². The Balaban J connectivity index is 1.72. The second-order valence-electron chi connectivity index (χ2n) is 3.93. The molecule has 3 nitrogen and oxygen atoms in total. The quantitative estimate of drug-likeness (QED) is 0.827. The van der Waals surface area contributed by atoms with Gasteiger partial charge in [0, 0.05) is 30.7 Å². The molecule has 18 heavy (non-hydrogen) atoms. The second kappa shape index (κ2) is 6.87. The third kappa shape index (κ3) is 3.80. The van der Waals surface area contributed by atoms with E-state index in [0.29, 0.717) is 11.0 Å². The smallest absolute Gasteiger partial charge is 0.264 e. The molecule has 0 fully saturated rings. The number of aromatic nitrogens is 1. The molecule has 0 spiro atoms. The van der Waals surface area contributed by atoms with E-state index in [-0.39, 0.29) is 5.56 Å². The Bertz CT molecular complexity index is 536. The Kier molecular flexibility index (Phi) is 5.16. The lowest BCUT2D eigenvalue weighted by molar-refractivity contribution is 0.586. The fourth-order valence-corrected chi connectivity index (χ4v) is 2.76. The third-order valence-corrected chi connectivity index (χ3v) is 4.17. The molecular formula is C13H15BrN2OS. The summed E-state index contributed by atoms with van der Waals surface area (Å²) in [5.74, 6) is 0. The topological polar surface area (TPSA) is 34.0 Å². The van der Waals surface area contributed by atoms with Gasteiger partial charge in [0.2, 0.25) is 0 Å². The molecule has 96 valence electrons. The predicted molar refractivity (Wildman–Crippen MR) is 79.3 cm³/mol. The summed E-state index contributed by atoms with van der Waals surface area (Å²) in [6, 6.07) is 7.85. The predicted octanol–water partition coefficient (Wildman–Crippen LogP) is 2.50. The van der Waals surface area contributed by atoms with Gasteiger partial charge in [-0.3, -0.25) is 4.79 Å². The minimum Gasteiger partial charge on any atom is -0.315 e. The first kappa shape index (κ1) is 13.5. The van der Waals surface area contributed by atoms with Crippen molar-refractivity contribution >= 4 is 27.3 Å². The van der Waals surface area contributed by atoms with Crippen molar-refractivity contribution in [2.75, 3.05) is 13.1 Å². The number of nitrogens with zero attached hydrogens (tertiary/aromatic N) is 1. The summed E-state index contributed by atoms with van der Waals surface area (Å²) >= 11 is 5.02. The molecule has 0 unspecified atom stereocenters. The minimum absolute atomic E-state index is 0.0255. The van der Waals surface area contributed by atoms with Gasteiger partial charge in [0.05, 0.1) is 4.47 Å². The molecule has 2 aromatic rings. The third-order valence-electron chi connectivity index (χ3n) is 2.63. The van der Waals surface area contributed by atoms with Crippen LogP contribution in [0.5, 0.6) is 0 Å². The number of hydrogen-bond acceptors (Lipinski definition) is 3. The number of nitrogens with one attached hydrogen (secondary N) is 1. The van der Waals surface area contributed by atoms with Crippen LogP contribution in [0.25, 0.3) is 0 Å². The fourth-order valence-electron chi connectivity index (χ4n) is 1.67. The van der Waals surface area contributed by atoms with Gasteiger partial charge < -0.3 is 9.88 Å². The Morgan fingerprint density at radius 3 is 2.94 bits per heavy atom. The molecule has 0 amide bonds. The molecule has 2 aromatic heterocycles. The van der Waals surface area contributed by atoms with Crippen molar-refractivity contribution in [2.24, 2.45) is 0 Å². The zero-order chi connectivity index (χ0) is 12.8. The highest BCUT2D eigenvalue weighted by Crippen LogP contribution is 2.07. The molecule has 0 radical (unpaired) electrons. The van der Waals surface area contributed by atoms with E-state index in [0.717, 1.165) is 19.5 Å². The molecule has 0 aliphatic carbocycles. The van der Waals surface area contributed by atoms with Crippen LogP contribution in [0.2, 0.25) is 0 Å². The lowest BCUT2D eigenvalue weighted by Crippen LogP contribution is -2.27. The Hall–Kier alpha value is -0.910. The first-order valence-electron chi connectivity index (χ1n) is 5.85. The summed E-state index contributed by atoms with van der Waals surface area (Å²) in [5, 5.41) is 5.44. The van der Waals surface area contributed by atoms with E-state index >= 15 is 0 Å². The van der Waals surface area contributed by atoms with Crippen LogP contribution in [0, 0.1) is 0 Å². The maximum absolute atomic E-state index is 11.7. The van der Waals surface area contributed by atoms with Gasteiger partial charge in [0.15, 0.2) is 0 Å². The van der Waals surface area contributed by atoms with Gasteiger partial charge in [-0.05, 0) is 45.9 Å². The summed E-state index contributed by atoms with van der Waals surface area (Å²) in [5.41, 5.74) is 0.0255. The van der Waals surface area contributed by atoms with Crippen molar-refractivity contribution in [1.82, 2.24) is 9.88 Å². The van der Waals surface area contributed by atoms with Crippen LogP contribution in [-0.2, 0) is 13.0 Å². The molecule has 0 aliphatic rings. The highest BCUT2D eigenvalue weighted by atomic mass is 79.9. The van der Waals surface area contributed by atoms with Crippen LogP contribution < -0.4 is 10.9 Å². The SMILES string of the molecule is O=c1c(Br)cccn1CCNCCc1cccs1. The highest BCUT2D eigenvalue weighted by Gasteiger charge is 1.99.